The molecule has 0 radical (unpaired) electrons. The summed E-state index contributed by atoms with van der Waals surface area (Å²) in [7, 11) is 1.11. The summed E-state index contributed by atoms with van der Waals surface area (Å²) < 4.78 is 23.4. The molecule has 0 aliphatic heterocycles. The Bertz CT molecular complexity index is 518. The highest BCUT2D eigenvalue weighted by Crippen LogP contribution is 2.30. The summed E-state index contributed by atoms with van der Waals surface area (Å²) in [6.45, 7) is 2.33. The van der Waals surface area contributed by atoms with Crippen LogP contribution in [-0.2, 0) is 4.74 Å². The van der Waals surface area contributed by atoms with Gasteiger partial charge in [0.05, 0.1) is 30.3 Å². The van der Waals surface area contributed by atoms with Crippen LogP contribution in [0.5, 0.6) is 5.75 Å². The number of esters is 1. The monoisotopic (exact) mass is 299 g/mol. The van der Waals surface area contributed by atoms with E-state index in [4.69, 9.17) is 4.74 Å². The van der Waals surface area contributed by atoms with Gasteiger partial charge in [0.25, 0.3) is 0 Å². The Balaban J connectivity index is 2.92. The summed E-state index contributed by atoms with van der Waals surface area (Å²) in [5, 5.41) is 10.9. The van der Waals surface area contributed by atoms with Crippen molar-refractivity contribution in [3.05, 3.63) is 33.6 Å². The first-order chi connectivity index (χ1) is 10.0. The molecule has 0 aromatic heterocycles. The van der Waals surface area contributed by atoms with E-state index in [1.54, 1.807) is 0 Å². The van der Waals surface area contributed by atoms with Crippen molar-refractivity contribution < 1.29 is 23.6 Å². The quantitative estimate of drug-likeness (QED) is 0.318. The van der Waals surface area contributed by atoms with E-state index in [-0.39, 0.29) is 17.9 Å². The van der Waals surface area contributed by atoms with E-state index >= 15 is 0 Å². The molecule has 0 atom stereocenters. The predicted molar refractivity (Wildman–Crippen MR) is 74.0 cm³/mol. The molecule has 21 heavy (non-hydrogen) atoms. The molecule has 0 bridgehead atoms. The van der Waals surface area contributed by atoms with Crippen molar-refractivity contribution in [3.63, 3.8) is 0 Å². The molecular formula is C14H18FNO5. The van der Waals surface area contributed by atoms with Crippen LogP contribution in [0, 0.1) is 15.9 Å². The van der Waals surface area contributed by atoms with Gasteiger partial charge in [-0.2, -0.15) is 0 Å². The van der Waals surface area contributed by atoms with Crippen molar-refractivity contribution in [1.82, 2.24) is 0 Å². The largest absolute Gasteiger partial charge is 0.487 e. The van der Waals surface area contributed by atoms with Crippen LogP contribution in [0.15, 0.2) is 12.1 Å². The summed E-state index contributed by atoms with van der Waals surface area (Å²) in [4.78, 5) is 21.6. The summed E-state index contributed by atoms with van der Waals surface area (Å²) in [6, 6.07) is 1.69. The molecule has 0 N–H and O–H groups in total. The normalized spacial score (nSPS) is 10.2. The lowest BCUT2D eigenvalue weighted by Crippen LogP contribution is -2.08. The van der Waals surface area contributed by atoms with Gasteiger partial charge < -0.3 is 9.47 Å². The lowest BCUT2D eigenvalue weighted by molar-refractivity contribution is -0.386. The minimum absolute atomic E-state index is 0.127. The van der Waals surface area contributed by atoms with Gasteiger partial charge in [-0.05, 0) is 6.42 Å². The molecule has 6 nitrogen and oxygen atoms in total. The second kappa shape index (κ2) is 8.18. The molecule has 0 saturated carbocycles. The van der Waals surface area contributed by atoms with Crippen molar-refractivity contribution in [2.45, 2.75) is 32.6 Å². The first-order valence-electron chi connectivity index (χ1n) is 6.70. The number of nitrogens with zero attached hydrogens (tertiary/aromatic N) is 1. The Kier molecular flexibility index (Phi) is 6.58. The molecule has 0 aliphatic carbocycles. The van der Waals surface area contributed by atoms with E-state index < -0.39 is 22.4 Å². The molecule has 0 spiro atoms. The third-order valence-corrected chi connectivity index (χ3v) is 2.91. The number of hydrogen-bond donors (Lipinski definition) is 0. The Hall–Kier alpha value is -2.18. The van der Waals surface area contributed by atoms with E-state index in [0.717, 1.165) is 38.9 Å². The Labute approximate surface area is 122 Å². The summed E-state index contributed by atoms with van der Waals surface area (Å²) in [5.74, 6) is -2.04. The van der Waals surface area contributed by atoms with Crippen LogP contribution in [-0.4, -0.2) is 24.6 Å². The highest BCUT2D eigenvalue weighted by atomic mass is 19.1. The fraction of sp³-hybridized carbons (Fsp3) is 0.500. The molecule has 0 unspecified atom stereocenters. The lowest BCUT2D eigenvalue weighted by atomic mass is 10.1. The van der Waals surface area contributed by atoms with Crippen molar-refractivity contribution in [2.24, 2.45) is 0 Å². The molecule has 0 fully saturated rings. The van der Waals surface area contributed by atoms with Crippen LogP contribution in [0.2, 0.25) is 0 Å². The van der Waals surface area contributed by atoms with E-state index in [1.165, 1.54) is 0 Å². The van der Waals surface area contributed by atoms with Gasteiger partial charge in [0.1, 0.15) is 5.82 Å². The van der Waals surface area contributed by atoms with Crippen LogP contribution < -0.4 is 4.74 Å². The van der Waals surface area contributed by atoms with E-state index in [0.29, 0.717) is 6.07 Å². The minimum atomic E-state index is -1.01. The number of halogens is 1. The smallest absolute Gasteiger partial charge is 0.340 e. The number of carbonyl (C=O) groups is 1. The van der Waals surface area contributed by atoms with Gasteiger partial charge in [-0.1, -0.05) is 26.2 Å². The molecule has 1 aromatic carbocycles. The molecule has 1 rings (SSSR count). The van der Waals surface area contributed by atoms with Crippen LogP contribution in [0.3, 0.4) is 0 Å². The van der Waals surface area contributed by atoms with Crippen molar-refractivity contribution >= 4 is 11.7 Å². The zero-order chi connectivity index (χ0) is 15.8. The van der Waals surface area contributed by atoms with E-state index in [9.17, 15) is 19.3 Å². The second-order valence-corrected chi connectivity index (χ2v) is 4.46. The van der Waals surface area contributed by atoms with Gasteiger partial charge in [-0.15, -0.1) is 0 Å². The number of nitro benzene ring substituents is 1. The van der Waals surface area contributed by atoms with Crippen LogP contribution >= 0.6 is 0 Å². The van der Waals surface area contributed by atoms with Crippen molar-refractivity contribution in [2.75, 3.05) is 13.7 Å². The predicted octanol–water partition coefficient (Wildman–Crippen LogP) is 3.48. The van der Waals surface area contributed by atoms with Gasteiger partial charge in [0.2, 0.25) is 0 Å². The van der Waals surface area contributed by atoms with Crippen molar-refractivity contribution in [1.29, 1.82) is 0 Å². The standard InChI is InChI=1S/C14H18FNO5/c1-3-4-5-6-7-21-13-8-10(14(17)20-2)11(15)9-12(13)16(18)19/h8-9H,3-7H2,1-2H3. The number of rotatable bonds is 8. The minimum Gasteiger partial charge on any atom is -0.487 e. The third-order valence-electron chi connectivity index (χ3n) is 2.91. The Morgan fingerprint density at radius 1 is 1.33 bits per heavy atom. The topological polar surface area (TPSA) is 78.7 Å². The van der Waals surface area contributed by atoms with Crippen LogP contribution in [0.25, 0.3) is 0 Å². The molecule has 7 heteroatoms. The zero-order valence-corrected chi connectivity index (χ0v) is 12.1. The maximum atomic E-state index is 13.7. The average Bonchev–Trinajstić information content (AvgIpc) is 2.47. The maximum Gasteiger partial charge on any atom is 0.340 e. The number of nitro groups is 1. The number of benzene rings is 1. The highest BCUT2D eigenvalue weighted by Gasteiger charge is 2.23. The molecule has 0 amide bonds. The van der Waals surface area contributed by atoms with Crippen LogP contribution in [0.4, 0.5) is 10.1 Å². The lowest BCUT2D eigenvalue weighted by Gasteiger charge is -2.09. The summed E-state index contributed by atoms with van der Waals surface area (Å²) in [5.41, 5.74) is -0.887. The SMILES string of the molecule is CCCCCCOc1cc(C(=O)OC)c(F)cc1[N+](=O)[O-]. The molecular weight excluding hydrogens is 281 g/mol. The second-order valence-electron chi connectivity index (χ2n) is 4.46. The van der Waals surface area contributed by atoms with Crippen LogP contribution in [0.1, 0.15) is 43.0 Å². The van der Waals surface area contributed by atoms with E-state index in [1.807, 2.05) is 0 Å². The Morgan fingerprint density at radius 2 is 2.05 bits per heavy atom. The highest BCUT2D eigenvalue weighted by molar-refractivity contribution is 5.90. The fourth-order valence-corrected chi connectivity index (χ4v) is 1.78. The zero-order valence-electron chi connectivity index (χ0n) is 12.1. The van der Waals surface area contributed by atoms with Crippen molar-refractivity contribution in [3.8, 4) is 5.75 Å². The van der Waals surface area contributed by atoms with Gasteiger partial charge >= 0.3 is 11.7 Å². The fourth-order valence-electron chi connectivity index (χ4n) is 1.78. The summed E-state index contributed by atoms with van der Waals surface area (Å²) in [6.07, 6.45) is 3.77. The third kappa shape index (κ3) is 4.70. The average molecular weight is 299 g/mol. The van der Waals surface area contributed by atoms with Gasteiger partial charge in [0, 0.05) is 6.07 Å². The first kappa shape index (κ1) is 16.9. The number of hydrogen-bond acceptors (Lipinski definition) is 5. The van der Waals surface area contributed by atoms with E-state index in [2.05, 4.69) is 11.7 Å². The summed E-state index contributed by atoms with van der Waals surface area (Å²) >= 11 is 0. The Morgan fingerprint density at radius 3 is 2.62 bits per heavy atom. The number of carbonyl (C=O) groups excluding carboxylic acids is 1. The van der Waals surface area contributed by atoms with Gasteiger partial charge in [-0.3, -0.25) is 10.1 Å². The molecule has 1 aromatic rings. The number of ether oxygens (including phenoxy) is 2. The first-order valence-corrected chi connectivity index (χ1v) is 6.70. The van der Waals surface area contributed by atoms with Gasteiger partial charge in [-0.25, -0.2) is 9.18 Å². The molecule has 0 aliphatic rings. The molecule has 0 saturated heterocycles. The maximum absolute atomic E-state index is 13.7. The molecule has 116 valence electrons. The number of unbranched alkanes of at least 4 members (excludes halogenated alkanes) is 3. The molecule has 0 heterocycles. The van der Waals surface area contributed by atoms with Gasteiger partial charge in [0.15, 0.2) is 5.75 Å². The number of methoxy groups -OCH3 is 1.